The number of fused-ring (bicyclic) bond motifs is 1. The summed E-state index contributed by atoms with van der Waals surface area (Å²) in [6.45, 7) is 3.18. The Bertz CT molecular complexity index is 516. The monoisotopic (exact) mass is 222 g/mol. The fourth-order valence-corrected chi connectivity index (χ4v) is 1.29. The minimum atomic E-state index is -1.01. The number of carbonyl (C=O) groups is 2. The van der Waals surface area contributed by atoms with Gasteiger partial charge in [0.2, 0.25) is 0 Å². The Hall–Kier alpha value is -2.50. The smallest absolute Gasteiger partial charge is 0.350 e. The maximum atomic E-state index is 11.4. The van der Waals surface area contributed by atoms with Crippen LogP contribution in [0.2, 0.25) is 0 Å². The standard InChI is InChI=1S/C10H6O6/c1-4-15-9(13)5-2-3-6(11)8(12)7(5)10(14)16-4/h2-3,11-12H,1H2. The summed E-state index contributed by atoms with van der Waals surface area (Å²) in [6.07, 6.45) is 0. The number of esters is 2. The average Bonchev–Trinajstić information content (AvgIpc) is 2.30. The van der Waals surface area contributed by atoms with Crippen LogP contribution in [0.5, 0.6) is 11.5 Å². The molecule has 0 fully saturated rings. The topological polar surface area (TPSA) is 93.1 Å². The van der Waals surface area contributed by atoms with Crippen molar-refractivity contribution in [1.82, 2.24) is 0 Å². The van der Waals surface area contributed by atoms with Crippen molar-refractivity contribution in [3.05, 3.63) is 35.8 Å². The maximum absolute atomic E-state index is 11.4. The molecule has 1 aliphatic rings. The largest absolute Gasteiger partial charge is 0.504 e. The first-order valence-electron chi connectivity index (χ1n) is 4.19. The Morgan fingerprint density at radius 3 is 2.38 bits per heavy atom. The van der Waals surface area contributed by atoms with Gasteiger partial charge in [-0.25, -0.2) is 9.59 Å². The lowest BCUT2D eigenvalue weighted by Crippen LogP contribution is -2.05. The molecule has 0 saturated carbocycles. The molecule has 16 heavy (non-hydrogen) atoms. The summed E-state index contributed by atoms with van der Waals surface area (Å²) in [5.74, 6) is -3.64. The van der Waals surface area contributed by atoms with Gasteiger partial charge in [0.05, 0.1) is 5.56 Å². The normalized spacial score (nSPS) is 14.9. The quantitative estimate of drug-likeness (QED) is 0.500. The maximum Gasteiger partial charge on any atom is 0.350 e. The minimum Gasteiger partial charge on any atom is -0.504 e. The van der Waals surface area contributed by atoms with E-state index >= 15 is 0 Å². The number of rotatable bonds is 0. The molecule has 1 aliphatic heterocycles. The zero-order valence-corrected chi connectivity index (χ0v) is 7.89. The van der Waals surface area contributed by atoms with Crippen molar-refractivity contribution >= 4 is 11.9 Å². The second-order valence-electron chi connectivity index (χ2n) is 3.01. The third-order valence-corrected chi connectivity index (χ3v) is 1.99. The molecule has 2 N–H and O–H groups in total. The average molecular weight is 222 g/mol. The lowest BCUT2D eigenvalue weighted by molar-refractivity contribution is 0.0283. The summed E-state index contributed by atoms with van der Waals surface area (Å²) in [5, 5.41) is 18.7. The first-order valence-corrected chi connectivity index (χ1v) is 4.19. The zero-order valence-electron chi connectivity index (χ0n) is 7.89. The second-order valence-corrected chi connectivity index (χ2v) is 3.01. The van der Waals surface area contributed by atoms with Gasteiger partial charge < -0.3 is 19.7 Å². The van der Waals surface area contributed by atoms with Gasteiger partial charge in [0.1, 0.15) is 5.56 Å². The Kier molecular flexibility index (Phi) is 2.05. The molecule has 0 radical (unpaired) electrons. The van der Waals surface area contributed by atoms with E-state index in [2.05, 4.69) is 16.1 Å². The summed E-state index contributed by atoms with van der Waals surface area (Å²) in [7, 11) is 0. The highest BCUT2D eigenvalue weighted by Crippen LogP contribution is 2.34. The molecule has 0 bridgehead atoms. The number of carbonyl (C=O) groups excluding carboxylic acids is 2. The van der Waals surface area contributed by atoms with Gasteiger partial charge in [0.25, 0.3) is 5.95 Å². The van der Waals surface area contributed by atoms with E-state index in [4.69, 9.17) is 0 Å². The van der Waals surface area contributed by atoms with Crippen molar-refractivity contribution in [2.24, 2.45) is 0 Å². The zero-order chi connectivity index (χ0) is 11.9. The summed E-state index contributed by atoms with van der Waals surface area (Å²) in [5.41, 5.74) is -0.636. The fraction of sp³-hybridized carbons (Fsp3) is 0. The van der Waals surface area contributed by atoms with E-state index in [0.717, 1.165) is 12.1 Å². The third kappa shape index (κ3) is 1.36. The van der Waals surface area contributed by atoms with Crippen molar-refractivity contribution < 1.29 is 29.3 Å². The Morgan fingerprint density at radius 2 is 1.69 bits per heavy atom. The number of phenolic OH excluding ortho intramolecular Hbond substituents is 2. The molecule has 0 unspecified atom stereocenters. The molecule has 82 valence electrons. The number of ether oxygens (including phenoxy) is 2. The molecule has 0 saturated heterocycles. The lowest BCUT2D eigenvalue weighted by atomic mass is 10.1. The Balaban J connectivity index is 2.71. The second kappa shape index (κ2) is 3.27. The third-order valence-electron chi connectivity index (χ3n) is 1.99. The summed E-state index contributed by atoms with van der Waals surface area (Å²) in [4.78, 5) is 22.9. The van der Waals surface area contributed by atoms with Crippen LogP contribution in [-0.2, 0) is 9.47 Å². The van der Waals surface area contributed by atoms with Crippen molar-refractivity contribution in [1.29, 1.82) is 0 Å². The molecule has 1 heterocycles. The van der Waals surface area contributed by atoms with Crippen LogP contribution in [0.4, 0.5) is 0 Å². The number of aromatic hydroxyl groups is 2. The molecule has 6 nitrogen and oxygen atoms in total. The van der Waals surface area contributed by atoms with Gasteiger partial charge in [-0.1, -0.05) is 0 Å². The molecule has 6 heteroatoms. The number of cyclic esters (lactones) is 2. The van der Waals surface area contributed by atoms with Crippen LogP contribution in [0.1, 0.15) is 20.7 Å². The molecule has 0 amide bonds. The highest BCUT2D eigenvalue weighted by Gasteiger charge is 2.30. The molecule has 0 spiro atoms. The number of phenols is 2. The predicted octanol–water partition coefficient (Wildman–Crippen LogP) is 0.896. The van der Waals surface area contributed by atoms with E-state index in [0.29, 0.717) is 0 Å². The Morgan fingerprint density at radius 1 is 1.06 bits per heavy atom. The van der Waals surface area contributed by atoms with Crippen molar-refractivity contribution in [2.45, 2.75) is 0 Å². The fourth-order valence-electron chi connectivity index (χ4n) is 1.29. The summed E-state index contributed by atoms with van der Waals surface area (Å²) < 4.78 is 9.03. The minimum absolute atomic E-state index is 0.195. The van der Waals surface area contributed by atoms with Crippen LogP contribution in [0.15, 0.2) is 24.7 Å². The molecule has 0 atom stereocenters. The van der Waals surface area contributed by atoms with Gasteiger partial charge in [0, 0.05) is 0 Å². The van der Waals surface area contributed by atoms with E-state index in [1.807, 2.05) is 0 Å². The van der Waals surface area contributed by atoms with Crippen molar-refractivity contribution in [2.75, 3.05) is 0 Å². The van der Waals surface area contributed by atoms with Gasteiger partial charge in [-0.3, -0.25) is 0 Å². The molecular weight excluding hydrogens is 216 g/mol. The van der Waals surface area contributed by atoms with E-state index in [9.17, 15) is 19.8 Å². The van der Waals surface area contributed by atoms with Crippen LogP contribution in [0, 0.1) is 0 Å². The molecule has 0 aromatic heterocycles. The molecule has 1 aromatic carbocycles. The van der Waals surface area contributed by atoms with Crippen LogP contribution in [-0.4, -0.2) is 22.2 Å². The van der Waals surface area contributed by atoms with Crippen molar-refractivity contribution in [3.8, 4) is 11.5 Å². The number of hydrogen-bond acceptors (Lipinski definition) is 6. The van der Waals surface area contributed by atoms with Crippen LogP contribution < -0.4 is 0 Å². The van der Waals surface area contributed by atoms with E-state index in [1.165, 1.54) is 0 Å². The predicted molar refractivity (Wildman–Crippen MR) is 49.7 cm³/mol. The first-order chi connectivity index (χ1) is 7.50. The lowest BCUT2D eigenvalue weighted by Gasteiger charge is -2.04. The van der Waals surface area contributed by atoms with Gasteiger partial charge >= 0.3 is 11.9 Å². The molecule has 2 rings (SSSR count). The van der Waals surface area contributed by atoms with Gasteiger partial charge in [-0.05, 0) is 18.7 Å². The van der Waals surface area contributed by atoms with Crippen molar-refractivity contribution in [3.63, 3.8) is 0 Å². The number of benzene rings is 1. The van der Waals surface area contributed by atoms with E-state index in [1.54, 1.807) is 0 Å². The van der Waals surface area contributed by atoms with Gasteiger partial charge in [-0.15, -0.1) is 0 Å². The van der Waals surface area contributed by atoms with Crippen LogP contribution in [0.3, 0.4) is 0 Å². The van der Waals surface area contributed by atoms with E-state index < -0.39 is 34.9 Å². The highest BCUT2D eigenvalue weighted by atomic mass is 16.7. The van der Waals surface area contributed by atoms with E-state index in [-0.39, 0.29) is 5.56 Å². The van der Waals surface area contributed by atoms with Crippen LogP contribution in [0.25, 0.3) is 0 Å². The van der Waals surface area contributed by atoms with Gasteiger partial charge in [0.15, 0.2) is 11.5 Å². The first kappa shape index (κ1) is 10.0. The molecular formula is C10H6O6. The SMILES string of the molecule is C=C1OC(=O)c2ccc(O)c(O)c2C(=O)O1. The molecule has 1 aromatic rings. The highest BCUT2D eigenvalue weighted by molar-refractivity contribution is 6.07. The van der Waals surface area contributed by atoms with Gasteiger partial charge in [-0.2, -0.15) is 0 Å². The van der Waals surface area contributed by atoms with Crippen LogP contribution >= 0.6 is 0 Å². The summed E-state index contributed by atoms with van der Waals surface area (Å²) >= 11 is 0. The summed E-state index contributed by atoms with van der Waals surface area (Å²) in [6, 6.07) is 2.21. The molecule has 0 aliphatic carbocycles. The number of hydrogen-bond donors (Lipinski definition) is 2. The Labute approximate surface area is 89.3 Å².